The summed E-state index contributed by atoms with van der Waals surface area (Å²) in [6, 6.07) is 2.55. The molecule has 0 N–H and O–H groups in total. The summed E-state index contributed by atoms with van der Waals surface area (Å²) in [5.74, 6) is 0. The topological polar surface area (TPSA) is 21.8 Å². The lowest BCUT2D eigenvalue weighted by molar-refractivity contribution is 0.269. The van der Waals surface area contributed by atoms with Gasteiger partial charge in [0, 0.05) is 12.0 Å². The van der Waals surface area contributed by atoms with Crippen molar-refractivity contribution in [1.82, 2.24) is 0 Å². The van der Waals surface area contributed by atoms with Gasteiger partial charge in [-0.15, -0.1) is 11.6 Å². The van der Waals surface area contributed by atoms with E-state index in [4.69, 9.17) is 20.8 Å². The molecule has 2 rings (SSSR count). The highest BCUT2D eigenvalue weighted by atomic mass is 35.5. The number of hydrogen-bond acceptors (Lipinski definition) is 2. The molecule has 100 valence electrons. The maximum Gasteiger partial charge on any atom is 0.189 e. The molecule has 2 aliphatic rings. The second-order valence-corrected chi connectivity index (χ2v) is 10.6. The Morgan fingerprint density at radius 2 is 2.18 bits per heavy atom. The fourth-order valence-electron chi connectivity index (χ4n) is 2.77. The van der Waals surface area contributed by atoms with E-state index < -0.39 is 8.32 Å². The molecular weight excluding hydrogens is 252 g/mol. The number of ether oxygens (including phenoxy) is 1. The first-order valence-electron chi connectivity index (χ1n) is 7.06. The molecule has 0 aliphatic carbocycles. The minimum absolute atomic E-state index is 0.284. The predicted molar refractivity (Wildman–Crippen MR) is 74.2 cm³/mol. The van der Waals surface area contributed by atoms with Crippen LogP contribution in [-0.4, -0.2) is 32.5 Å². The summed E-state index contributed by atoms with van der Waals surface area (Å²) < 4.78 is 11.6. The van der Waals surface area contributed by atoms with Gasteiger partial charge in [0.25, 0.3) is 0 Å². The molecule has 0 radical (unpaired) electrons. The zero-order valence-corrected chi connectivity index (χ0v) is 12.8. The molecule has 0 spiro atoms. The van der Waals surface area contributed by atoms with Gasteiger partial charge in [-0.25, -0.2) is 0 Å². The van der Waals surface area contributed by atoms with E-state index in [0.717, 1.165) is 25.9 Å². The van der Waals surface area contributed by atoms with Crippen molar-refractivity contribution in [3.63, 3.8) is 0 Å². The Balaban J connectivity index is 1.63. The molecule has 2 saturated heterocycles. The highest BCUT2D eigenvalue weighted by molar-refractivity contribution is 6.72. The third-order valence-corrected chi connectivity index (χ3v) is 8.17. The van der Waals surface area contributed by atoms with Crippen LogP contribution in [0.2, 0.25) is 18.6 Å². The lowest BCUT2D eigenvalue weighted by atomic mass is 10.1. The molecule has 0 aromatic rings. The Labute approximate surface area is 111 Å². The zero-order chi connectivity index (χ0) is 12.3. The van der Waals surface area contributed by atoms with E-state index in [9.17, 15) is 0 Å². The molecule has 4 unspecified atom stereocenters. The molecule has 2 nitrogen and oxygen atoms in total. The van der Waals surface area contributed by atoms with Crippen LogP contribution in [0.1, 0.15) is 39.0 Å². The first-order valence-corrected chi connectivity index (χ1v) is 10.3. The summed E-state index contributed by atoms with van der Waals surface area (Å²) in [7, 11) is -1.38. The Morgan fingerprint density at radius 3 is 2.76 bits per heavy atom. The predicted octanol–water partition coefficient (Wildman–Crippen LogP) is 3.94. The molecule has 0 aromatic heterocycles. The van der Waals surface area contributed by atoms with Gasteiger partial charge >= 0.3 is 0 Å². The van der Waals surface area contributed by atoms with Crippen LogP contribution in [-0.2, 0) is 9.16 Å². The Morgan fingerprint density at radius 1 is 1.35 bits per heavy atom. The van der Waals surface area contributed by atoms with Crippen molar-refractivity contribution in [2.75, 3.05) is 6.61 Å². The fourth-order valence-corrected chi connectivity index (χ4v) is 6.37. The molecule has 4 atom stereocenters. The third-order valence-electron chi connectivity index (χ3n) is 4.11. The van der Waals surface area contributed by atoms with Crippen LogP contribution >= 0.6 is 11.6 Å². The Hall–Kier alpha value is 0.427. The van der Waals surface area contributed by atoms with Gasteiger partial charge in [0.15, 0.2) is 8.32 Å². The first kappa shape index (κ1) is 13.8. The quantitative estimate of drug-likeness (QED) is 0.416. The van der Waals surface area contributed by atoms with Crippen LogP contribution in [0.25, 0.3) is 0 Å². The van der Waals surface area contributed by atoms with Gasteiger partial charge in [0.2, 0.25) is 0 Å². The van der Waals surface area contributed by atoms with E-state index in [1.165, 1.54) is 24.9 Å². The van der Waals surface area contributed by atoms with E-state index in [1.54, 1.807) is 0 Å². The number of halogens is 1. The van der Waals surface area contributed by atoms with Crippen molar-refractivity contribution in [2.24, 2.45) is 0 Å². The summed E-state index contributed by atoms with van der Waals surface area (Å²) in [5, 5.41) is 0.284. The average molecular weight is 277 g/mol. The summed E-state index contributed by atoms with van der Waals surface area (Å²) >= 11 is 6.41. The molecule has 0 saturated carbocycles. The van der Waals surface area contributed by atoms with Crippen LogP contribution in [0.3, 0.4) is 0 Å². The van der Waals surface area contributed by atoms with Crippen molar-refractivity contribution in [1.29, 1.82) is 0 Å². The van der Waals surface area contributed by atoms with Gasteiger partial charge in [0.1, 0.15) is 0 Å². The highest BCUT2D eigenvalue weighted by Crippen LogP contribution is 2.33. The van der Waals surface area contributed by atoms with Crippen molar-refractivity contribution >= 4 is 19.9 Å². The maximum absolute atomic E-state index is 6.41. The van der Waals surface area contributed by atoms with Gasteiger partial charge in [-0.05, 0) is 44.3 Å². The van der Waals surface area contributed by atoms with Crippen molar-refractivity contribution < 1.29 is 9.16 Å². The lowest BCUT2D eigenvalue weighted by Crippen LogP contribution is -2.38. The molecule has 0 amide bonds. The van der Waals surface area contributed by atoms with Crippen molar-refractivity contribution in [3.8, 4) is 0 Å². The van der Waals surface area contributed by atoms with Crippen LogP contribution in [0.4, 0.5) is 0 Å². The van der Waals surface area contributed by atoms with E-state index >= 15 is 0 Å². The minimum atomic E-state index is -1.38. The molecule has 2 aliphatic heterocycles. The Bertz CT molecular complexity index is 244. The monoisotopic (exact) mass is 276 g/mol. The second-order valence-electron chi connectivity index (χ2n) is 5.75. The van der Waals surface area contributed by atoms with Gasteiger partial charge < -0.3 is 9.16 Å². The van der Waals surface area contributed by atoms with Crippen LogP contribution < -0.4 is 0 Å². The fraction of sp³-hybridized carbons (Fsp3) is 1.00. The van der Waals surface area contributed by atoms with Gasteiger partial charge in [0.05, 0.1) is 12.2 Å². The maximum atomic E-state index is 6.41. The van der Waals surface area contributed by atoms with E-state index in [1.807, 2.05) is 0 Å². The number of hydrogen-bond donors (Lipinski definition) is 0. The second kappa shape index (κ2) is 6.05. The normalized spacial score (nSPS) is 39.0. The smallest absolute Gasteiger partial charge is 0.189 e. The van der Waals surface area contributed by atoms with Gasteiger partial charge in [-0.2, -0.15) is 0 Å². The first-order chi connectivity index (χ1) is 8.13. The molecule has 0 aromatic carbocycles. The summed E-state index contributed by atoms with van der Waals surface area (Å²) in [6.45, 7) is 5.54. The summed E-state index contributed by atoms with van der Waals surface area (Å²) in [4.78, 5) is 0. The third kappa shape index (κ3) is 4.23. The number of rotatable bonds is 6. The molecule has 4 heteroatoms. The highest BCUT2D eigenvalue weighted by Gasteiger charge is 2.39. The molecule has 2 fully saturated rings. The lowest BCUT2D eigenvalue weighted by Gasteiger charge is -2.32. The largest absolute Gasteiger partial charge is 0.417 e. The number of epoxide rings is 1. The van der Waals surface area contributed by atoms with Crippen molar-refractivity contribution in [2.45, 2.75) is 75.2 Å². The SMILES string of the molecule is CCC1OC1CC(Cl)CC[Si]1(C)CCCCO1. The molecule has 2 heterocycles. The summed E-state index contributed by atoms with van der Waals surface area (Å²) in [6.07, 6.45) is 6.83. The standard InChI is InChI=1S/C13H25ClO2Si/c1-3-12-13(16-12)10-11(14)6-9-17(2)8-5-4-7-15-17/h11-13H,3-10H2,1-2H3. The van der Waals surface area contributed by atoms with E-state index in [0.29, 0.717) is 12.2 Å². The van der Waals surface area contributed by atoms with Crippen LogP contribution in [0, 0.1) is 0 Å². The van der Waals surface area contributed by atoms with E-state index in [-0.39, 0.29) is 5.38 Å². The zero-order valence-electron chi connectivity index (χ0n) is 11.1. The molecule has 0 bridgehead atoms. The average Bonchev–Trinajstić information content (AvgIpc) is 3.06. The van der Waals surface area contributed by atoms with Gasteiger partial charge in [-0.3, -0.25) is 0 Å². The van der Waals surface area contributed by atoms with Crippen LogP contribution in [0.5, 0.6) is 0 Å². The summed E-state index contributed by atoms with van der Waals surface area (Å²) in [5.41, 5.74) is 0. The van der Waals surface area contributed by atoms with E-state index in [2.05, 4.69) is 13.5 Å². The van der Waals surface area contributed by atoms with Gasteiger partial charge in [-0.1, -0.05) is 13.3 Å². The molecular formula is C13H25ClO2Si. The minimum Gasteiger partial charge on any atom is -0.417 e. The number of alkyl halides is 1. The van der Waals surface area contributed by atoms with Crippen molar-refractivity contribution in [3.05, 3.63) is 0 Å². The Kier molecular flexibility index (Phi) is 4.93. The van der Waals surface area contributed by atoms with Crippen LogP contribution in [0.15, 0.2) is 0 Å². The molecule has 17 heavy (non-hydrogen) atoms.